The SMILES string of the molecule is CCNC(=NCc1cn2cc(Br)ccc2n1)NCC1(CCO)CCOC1.I. The number of halogens is 2. The average molecular weight is 552 g/mol. The molecule has 1 aliphatic rings. The minimum atomic E-state index is -0.0136. The van der Waals surface area contributed by atoms with Crippen LogP contribution in [0.4, 0.5) is 0 Å². The number of hydrogen-bond acceptors (Lipinski definition) is 4. The lowest BCUT2D eigenvalue weighted by atomic mass is 9.84. The maximum absolute atomic E-state index is 9.36. The highest BCUT2D eigenvalue weighted by molar-refractivity contribution is 14.0. The van der Waals surface area contributed by atoms with Crippen molar-refractivity contribution >= 4 is 51.5 Å². The van der Waals surface area contributed by atoms with E-state index in [0.717, 1.165) is 54.3 Å². The zero-order valence-corrected chi connectivity index (χ0v) is 19.4. The van der Waals surface area contributed by atoms with Gasteiger partial charge in [0.2, 0.25) is 0 Å². The van der Waals surface area contributed by atoms with Crippen molar-refractivity contribution in [2.75, 3.05) is 32.9 Å². The number of aliphatic imine (C=N–C) groups is 1. The van der Waals surface area contributed by atoms with Gasteiger partial charge >= 0.3 is 0 Å². The molecule has 1 fully saturated rings. The fraction of sp³-hybridized carbons (Fsp3) is 0.556. The molecule has 27 heavy (non-hydrogen) atoms. The first-order chi connectivity index (χ1) is 12.6. The molecule has 0 aromatic carbocycles. The molecule has 1 aliphatic heterocycles. The normalized spacial score (nSPS) is 19.9. The van der Waals surface area contributed by atoms with Gasteiger partial charge in [-0.2, -0.15) is 0 Å². The number of pyridine rings is 1. The summed E-state index contributed by atoms with van der Waals surface area (Å²) < 4.78 is 8.55. The quantitative estimate of drug-likeness (QED) is 0.280. The Labute approximate surface area is 185 Å². The molecule has 2 aromatic heterocycles. The van der Waals surface area contributed by atoms with Crippen LogP contribution < -0.4 is 10.6 Å². The first kappa shape index (κ1) is 22.4. The van der Waals surface area contributed by atoms with Gasteiger partial charge in [-0.25, -0.2) is 9.98 Å². The third-order valence-corrected chi connectivity index (χ3v) is 5.14. The van der Waals surface area contributed by atoms with Crippen LogP contribution in [0, 0.1) is 5.41 Å². The van der Waals surface area contributed by atoms with E-state index in [-0.39, 0.29) is 36.0 Å². The predicted octanol–water partition coefficient (Wildman–Crippen LogP) is 2.56. The van der Waals surface area contributed by atoms with E-state index in [4.69, 9.17) is 4.74 Å². The molecule has 1 saturated heterocycles. The molecule has 0 amide bonds. The largest absolute Gasteiger partial charge is 0.396 e. The second-order valence-corrected chi connectivity index (χ2v) is 7.59. The van der Waals surface area contributed by atoms with E-state index in [1.54, 1.807) is 0 Å². The van der Waals surface area contributed by atoms with Crippen molar-refractivity contribution in [3.63, 3.8) is 0 Å². The van der Waals surface area contributed by atoms with Crippen LogP contribution in [0.15, 0.2) is 34.0 Å². The number of aliphatic hydroxyl groups is 1. The Kier molecular flexibility index (Phi) is 8.77. The monoisotopic (exact) mass is 551 g/mol. The van der Waals surface area contributed by atoms with Crippen molar-refractivity contribution in [2.24, 2.45) is 10.4 Å². The highest BCUT2D eigenvalue weighted by atomic mass is 127. The lowest BCUT2D eigenvalue weighted by molar-refractivity contribution is 0.127. The maximum atomic E-state index is 9.36. The lowest BCUT2D eigenvalue weighted by Gasteiger charge is -2.27. The topological polar surface area (TPSA) is 83.2 Å². The first-order valence-corrected chi connectivity index (χ1v) is 9.77. The molecule has 1 unspecified atom stereocenters. The number of aliphatic hydroxyl groups excluding tert-OH is 1. The zero-order chi connectivity index (χ0) is 18.4. The molecule has 9 heteroatoms. The number of imidazole rings is 1. The molecule has 3 rings (SSSR count). The summed E-state index contributed by atoms with van der Waals surface area (Å²) in [5.41, 5.74) is 1.80. The lowest BCUT2D eigenvalue weighted by Crippen LogP contribution is -2.44. The zero-order valence-electron chi connectivity index (χ0n) is 15.4. The van der Waals surface area contributed by atoms with Crippen molar-refractivity contribution in [1.29, 1.82) is 0 Å². The van der Waals surface area contributed by atoms with Gasteiger partial charge in [0, 0.05) is 48.6 Å². The molecule has 0 saturated carbocycles. The summed E-state index contributed by atoms with van der Waals surface area (Å²) in [7, 11) is 0. The molecule has 3 heterocycles. The van der Waals surface area contributed by atoms with E-state index in [2.05, 4.69) is 36.5 Å². The van der Waals surface area contributed by atoms with E-state index < -0.39 is 0 Å². The standard InChI is InChI=1S/C18H26BrN5O2.HI/c1-2-20-17(22-12-18(5-7-25)6-8-26-13-18)21-9-15-11-24-10-14(19)3-4-16(24)23-15;/h3-4,10-11,25H,2,5-9,12-13H2,1H3,(H2,20,21,22);1H. The van der Waals surface area contributed by atoms with Crippen molar-refractivity contribution in [3.05, 3.63) is 34.7 Å². The van der Waals surface area contributed by atoms with Gasteiger partial charge in [0.25, 0.3) is 0 Å². The number of rotatable bonds is 7. The molecule has 2 aromatic rings. The molecule has 150 valence electrons. The van der Waals surface area contributed by atoms with Crippen LogP contribution in [0.5, 0.6) is 0 Å². The number of fused-ring (bicyclic) bond motifs is 1. The van der Waals surface area contributed by atoms with E-state index in [0.29, 0.717) is 13.2 Å². The average Bonchev–Trinajstić information content (AvgIpc) is 3.24. The molecule has 0 aliphatic carbocycles. The van der Waals surface area contributed by atoms with Gasteiger partial charge in [0.1, 0.15) is 5.65 Å². The van der Waals surface area contributed by atoms with Crippen LogP contribution in [-0.4, -0.2) is 53.4 Å². The molecular weight excluding hydrogens is 525 g/mol. The van der Waals surface area contributed by atoms with E-state index >= 15 is 0 Å². The van der Waals surface area contributed by atoms with E-state index in [1.807, 2.05) is 35.9 Å². The van der Waals surface area contributed by atoms with Gasteiger partial charge in [-0.1, -0.05) is 0 Å². The van der Waals surface area contributed by atoms with E-state index in [9.17, 15) is 5.11 Å². The first-order valence-electron chi connectivity index (χ1n) is 8.98. The van der Waals surface area contributed by atoms with Gasteiger partial charge in [0.15, 0.2) is 5.96 Å². The van der Waals surface area contributed by atoms with Gasteiger partial charge < -0.3 is 24.9 Å². The van der Waals surface area contributed by atoms with Crippen molar-refractivity contribution < 1.29 is 9.84 Å². The predicted molar refractivity (Wildman–Crippen MR) is 121 cm³/mol. The number of hydrogen-bond donors (Lipinski definition) is 3. The number of aromatic nitrogens is 2. The van der Waals surface area contributed by atoms with Crippen LogP contribution in [0.2, 0.25) is 0 Å². The fourth-order valence-corrected chi connectivity index (χ4v) is 3.53. The Morgan fingerprint density at radius 2 is 2.26 bits per heavy atom. The third kappa shape index (κ3) is 6.03. The summed E-state index contributed by atoms with van der Waals surface area (Å²) in [6.45, 7) is 5.67. The minimum absolute atomic E-state index is 0. The molecule has 0 spiro atoms. The second kappa shape index (κ2) is 10.6. The third-order valence-electron chi connectivity index (χ3n) is 4.67. The van der Waals surface area contributed by atoms with Crippen LogP contribution in [-0.2, 0) is 11.3 Å². The molecule has 3 N–H and O–H groups in total. The number of nitrogens with one attached hydrogen (secondary N) is 2. The van der Waals surface area contributed by atoms with Crippen molar-refractivity contribution in [1.82, 2.24) is 20.0 Å². The minimum Gasteiger partial charge on any atom is -0.396 e. The Bertz CT molecular complexity index is 761. The Morgan fingerprint density at radius 3 is 2.96 bits per heavy atom. The van der Waals surface area contributed by atoms with Crippen LogP contribution in [0.25, 0.3) is 5.65 Å². The highest BCUT2D eigenvalue weighted by Gasteiger charge is 2.34. The summed E-state index contributed by atoms with van der Waals surface area (Å²) in [6.07, 6.45) is 5.67. The summed E-state index contributed by atoms with van der Waals surface area (Å²) in [5, 5.41) is 16.0. The van der Waals surface area contributed by atoms with Gasteiger partial charge in [0.05, 0.1) is 18.8 Å². The van der Waals surface area contributed by atoms with Gasteiger partial charge in [-0.15, -0.1) is 24.0 Å². The van der Waals surface area contributed by atoms with Crippen LogP contribution in [0.3, 0.4) is 0 Å². The number of guanidine groups is 1. The van der Waals surface area contributed by atoms with E-state index in [1.165, 1.54) is 0 Å². The molecule has 0 bridgehead atoms. The highest BCUT2D eigenvalue weighted by Crippen LogP contribution is 2.31. The van der Waals surface area contributed by atoms with Gasteiger partial charge in [-0.05, 0) is 47.8 Å². The molecule has 7 nitrogen and oxygen atoms in total. The Hall–Kier alpha value is -0.910. The molecule has 0 radical (unpaired) electrons. The smallest absolute Gasteiger partial charge is 0.191 e. The summed E-state index contributed by atoms with van der Waals surface area (Å²) in [6, 6.07) is 3.95. The van der Waals surface area contributed by atoms with Crippen molar-refractivity contribution in [3.8, 4) is 0 Å². The second-order valence-electron chi connectivity index (χ2n) is 6.67. The number of ether oxygens (including phenoxy) is 1. The summed E-state index contributed by atoms with van der Waals surface area (Å²) in [5.74, 6) is 0.759. The molecular formula is C18H27BrIN5O2. The number of nitrogens with zero attached hydrogens (tertiary/aromatic N) is 3. The van der Waals surface area contributed by atoms with Crippen molar-refractivity contribution in [2.45, 2.75) is 26.3 Å². The van der Waals surface area contributed by atoms with Gasteiger partial charge in [-0.3, -0.25) is 0 Å². The van der Waals surface area contributed by atoms with Crippen LogP contribution in [0.1, 0.15) is 25.5 Å². The summed E-state index contributed by atoms with van der Waals surface area (Å²) in [4.78, 5) is 9.25. The Balaban J connectivity index is 0.00000261. The molecule has 1 atom stereocenters. The fourth-order valence-electron chi connectivity index (χ4n) is 3.18. The maximum Gasteiger partial charge on any atom is 0.191 e. The van der Waals surface area contributed by atoms with Crippen LogP contribution >= 0.6 is 39.9 Å². The Morgan fingerprint density at radius 1 is 1.41 bits per heavy atom. The summed E-state index contributed by atoms with van der Waals surface area (Å²) >= 11 is 3.47.